The monoisotopic (exact) mass is 215 g/mol. The number of rotatable bonds is 2. The van der Waals surface area contributed by atoms with Gasteiger partial charge in [-0.1, -0.05) is 23.8 Å². The maximum atomic E-state index is 5.73. The summed E-state index contributed by atoms with van der Waals surface area (Å²) in [5, 5.41) is 0. The molecular weight excluding hydrogens is 202 g/mol. The lowest BCUT2D eigenvalue weighted by atomic mass is 10.1. The van der Waals surface area contributed by atoms with Gasteiger partial charge in [-0.05, 0) is 13.0 Å². The summed E-state index contributed by atoms with van der Waals surface area (Å²) in [7, 11) is 1.54. The van der Waals surface area contributed by atoms with Gasteiger partial charge >= 0.3 is 0 Å². The number of hydrogen-bond acceptors (Lipinski definition) is 4. The summed E-state index contributed by atoms with van der Waals surface area (Å²) in [6.45, 7) is 2.02. The highest BCUT2D eigenvalue weighted by atomic mass is 16.5. The van der Waals surface area contributed by atoms with E-state index in [9.17, 15) is 0 Å². The van der Waals surface area contributed by atoms with Crippen molar-refractivity contribution in [2.45, 2.75) is 6.92 Å². The standard InChI is InChI=1S/C12H13N3O/c1-8-4-3-5-9(6-8)12-14-7-10(16-2)11(13)15-12/h3-7H,1-2H3,(H2,13,14,15). The van der Waals surface area contributed by atoms with Crippen LogP contribution in [0, 0.1) is 6.92 Å². The second kappa shape index (κ2) is 4.18. The van der Waals surface area contributed by atoms with E-state index in [4.69, 9.17) is 10.5 Å². The highest BCUT2D eigenvalue weighted by molar-refractivity contribution is 5.59. The maximum Gasteiger partial charge on any atom is 0.179 e. The molecule has 0 aliphatic rings. The van der Waals surface area contributed by atoms with Gasteiger partial charge < -0.3 is 10.5 Å². The van der Waals surface area contributed by atoms with E-state index in [0.717, 1.165) is 11.1 Å². The number of anilines is 1. The topological polar surface area (TPSA) is 61.0 Å². The van der Waals surface area contributed by atoms with Crippen LogP contribution in [0.3, 0.4) is 0 Å². The fourth-order valence-electron chi connectivity index (χ4n) is 1.46. The van der Waals surface area contributed by atoms with E-state index in [2.05, 4.69) is 9.97 Å². The van der Waals surface area contributed by atoms with Gasteiger partial charge in [0.25, 0.3) is 0 Å². The third-order valence-electron chi connectivity index (χ3n) is 2.28. The van der Waals surface area contributed by atoms with Crippen molar-refractivity contribution in [1.82, 2.24) is 9.97 Å². The van der Waals surface area contributed by atoms with Gasteiger partial charge in [-0.3, -0.25) is 0 Å². The Bertz CT molecular complexity index is 511. The molecule has 0 bridgehead atoms. The van der Waals surface area contributed by atoms with Gasteiger partial charge in [-0.2, -0.15) is 0 Å². The van der Waals surface area contributed by atoms with Crippen molar-refractivity contribution >= 4 is 5.82 Å². The molecule has 1 aromatic heterocycles. The first-order valence-corrected chi connectivity index (χ1v) is 4.94. The van der Waals surface area contributed by atoms with Gasteiger partial charge in [0.15, 0.2) is 17.4 Å². The van der Waals surface area contributed by atoms with Gasteiger partial charge in [0.05, 0.1) is 13.3 Å². The van der Waals surface area contributed by atoms with Crippen LogP contribution in [0.5, 0.6) is 5.75 Å². The zero-order chi connectivity index (χ0) is 11.5. The molecule has 2 N–H and O–H groups in total. The van der Waals surface area contributed by atoms with Crippen molar-refractivity contribution in [3.63, 3.8) is 0 Å². The first-order chi connectivity index (χ1) is 7.70. The zero-order valence-electron chi connectivity index (χ0n) is 9.27. The maximum absolute atomic E-state index is 5.73. The van der Waals surface area contributed by atoms with E-state index in [1.54, 1.807) is 13.3 Å². The minimum Gasteiger partial charge on any atom is -0.491 e. The minimum atomic E-state index is 0.356. The number of hydrogen-bond donors (Lipinski definition) is 1. The lowest BCUT2D eigenvalue weighted by Gasteiger charge is -2.05. The Morgan fingerprint density at radius 3 is 2.75 bits per heavy atom. The number of nitrogens with zero attached hydrogens (tertiary/aromatic N) is 2. The predicted octanol–water partition coefficient (Wildman–Crippen LogP) is 2.04. The lowest BCUT2D eigenvalue weighted by molar-refractivity contribution is 0.413. The molecule has 0 radical (unpaired) electrons. The summed E-state index contributed by atoms with van der Waals surface area (Å²) in [5.74, 6) is 1.47. The molecule has 0 spiro atoms. The van der Waals surface area contributed by atoms with Crippen LogP contribution >= 0.6 is 0 Å². The molecule has 4 heteroatoms. The molecule has 0 amide bonds. The molecule has 0 unspecified atom stereocenters. The molecule has 0 saturated carbocycles. The summed E-state index contributed by atoms with van der Waals surface area (Å²) < 4.78 is 5.01. The molecule has 1 heterocycles. The second-order valence-corrected chi connectivity index (χ2v) is 3.52. The molecule has 4 nitrogen and oxygen atoms in total. The van der Waals surface area contributed by atoms with Gasteiger partial charge in [0.2, 0.25) is 0 Å². The molecule has 16 heavy (non-hydrogen) atoms. The molecule has 0 atom stereocenters. The number of nitrogens with two attached hydrogens (primary N) is 1. The summed E-state index contributed by atoms with van der Waals surface area (Å²) in [4.78, 5) is 8.40. The molecular formula is C12H13N3O. The van der Waals surface area contributed by atoms with Crippen LogP contribution < -0.4 is 10.5 Å². The molecule has 0 saturated heterocycles. The third-order valence-corrected chi connectivity index (χ3v) is 2.28. The first kappa shape index (κ1) is 10.4. The fraction of sp³-hybridized carbons (Fsp3) is 0.167. The van der Waals surface area contributed by atoms with Gasteiger partial charge in [-0.25, -0.2) is 9.97 Å². The molecule has 2 rings (SSSR count). The van der Waals surface area contributed by atoms with E-state index in [1.807, 2.05) is 31.2 Å². The van der Waals surface area contributed by atoms with Crippen LogP contribution in [0.4, 0.5) is 5.82 Å². The lowest BCUT2D eigenvalue weighted by Crippen LogP contribution is -1.99. The van der Waals surface area contributed by atoms with Crippen LogP contribution in [0.25, 0.3) is 11.4 Å². The number of aryl methyl sites for hydroxylation is 1. The fourth-order valence-corrected chi connectivity index (χ4v) is 1.46. The Labute approximate surface area is 94.1 Å². The predicted molar refractivity (Wildman–Crippen MR) is 63.2 cm³/mol. The summed E-state index contributed by atoms with van der Waals surface area (Å²) in [6.07, 6.45) is 1.58. The molecule has 0 aliphatic carbocycles. The van der Waals surface area contributed by atoms with Gasteiger partial charge in [-0.15, -0.1) is 0 Å². The van der Waals surface area contributed by atoms with E-state index in [0.29, 0.717) is 17.4 Å². The Kier molecular flexibility index (Phi) is 2.72. The van der Waals surface area contributed by atoms with Crippen molar-refractivity contribution < 1.29 is 4.74 Å². The van der Waals surface area contributed by atoms with Crippen molar-refractivity contribution in [1.29, 1.82) is 0 Å². The van der Waals surface area contributed by atoms with E-state index in [-0.39, 0.29) is 0 Å². The van der Waals surface area contributed by atoms with E-state index < -0.39 is 0 Å². The minimum absolute atomic E-state index is 0.356. The van der Waals surface area contributed by atoms with Crippen LogP contribution in [-0.2, 0) is 0 Å². The van der Waals surface area contributed by atoms with Crippen molar-refractivity contribution in [3.8, 4) is 17.1 Å². The highest BCUT2D eigenvalue weighted by Crippen LogP contribution is 2.22. The third kappa shape index (κ3) is 1.95. The number of ether oxygens (including phenoxy) is 1. The van der Waals surface area contributed by atoms with Crippen LogP contribution in [0.1, 0.15) is 5.56 Å². The second-order valence-electron chi connectivity index (χ2n) is 3.52. The van der Waals surface area contributed by atoms with Crippen LogP contribution in [-0.4, -0.2) is 17.1 Å². The molecule has 1 aromatic carbocycles. The Hall–Kier alpha value is -2.10. The number of methoxy groups -OCH3 is 1. The van der Waals surface area contributed by atoms with Crippen LogP contribution in [0.15, 0.2) is 30.5 Å². The molecule has 0 fully saturated rings. The quantitative estimate of drug-likeness (QED) is 0.832. The number of benzene rings is 1. The average Bonchev–Trinajstić information content (AvgIpc) is 2.29. The SMILES string of the molecule is COc1cnc(-c2cccc(C)c2)nc1N. The van der Waals surface area contributed by atoms with E-state index >= 15 is 0 Å². The molecule has 82 valence electrons. The summed E-state index contributed by atoms with van der Waals surface area (Å²) in [6, 6.07) is 7.96. The summed E-state index contributed by atoms with van der Waals surface area (Å²) in [5.41, 5.74) is 7.85. The average molecular weight is 215 g/mol. The molecule has 0 aliphatic heterocycles. The van der Waals surface area contributed by atoms with Crippen molar-refractivity contribution in [2.24, 2.45) is 0 Å². The van der Waals surface area contributed by atoms with Crippen molar-refractivity contribution in [3.05, 3.63) is 36.0 Å². The van der Waals surface area contributed by atoms with Gasteiger partial charge in [0, 0.05) is 5.56 Å². The number of aromatic nitrogens is 2. The van der Waals surface area contributed by atoms with Crippen LogP contribution in [0.2, 0.25) is 0 Å². The highest BCUT2D eigenvalue weighted by Gasteiger charge is 2.05. The van der Waals surface area contributed by atoms with Gasteiger partial charge in [0.1, 0.15) is 0 Å². The summed E-state index contributed by atoms with van der Waals surface area (Å²) >= 11 is 0. The largest absolute Gasteiger partial charge is 0.491 e. The van der Waals surface area contributed by atoms with E-state index in [1.165, 1.54) is 0 Å². The molecule has 2 aromatic rings. The number of nitrogen functional groups attached to an aromatic ring is 1. The van der Waals surface area contributed by atoms with Crippen molar-refractivity contribution in [2.75, 3.05) is 12.8 Å². The smallest absolute Gasteiger partial charge is 0.179 e. The Balaban J connectivity index is 2.45. The first-order valence-electron chi connectivity index (χ1n) is 4.94. The Morgan fingerprint density at radius 2 is 2.12 bits per heavy atom. The Morgan fingerprint density at radius 1 is 1.31 bits per heavy atom. The zero-order valence-corrected chi connectivity index (χ0v) is 9.27. The normalized spacial score (nSPS) is 10.1.